The molecule has 4 heteroatoms. The van der Waals surface area contributed by atoms with Gasteiger partial charge in [-0.1, -0.05) is 45.3 Å². The Hall–Kier alpha value is -0.870. The number of rotatable bonds is 11. The van der Waals surface area contributed by atoms with Crippen LogP contribution in [-0.2, 0) is 4.79 Å². The van der Waals surface area contributed by atoms with E-state index in [2.05, 4.69) is 12.2 Å². The number of unbranched alkanes of at least 4 members (excludes halogenated alkanes) is 4. The first-order chi connectivity index (χ1) is 9.15. The van der Waals surface area contributed by atoms with Crippen molar-refractivity contribution in [1.29, 1.82) is 0 Å². The SMILES string of the molecule is CCCCC/C=C/[C@@H](O)[C@H](CO)NC(=O)CCCC. The molecule has 3 N–H and O–H groups in total. The number of amides is 1. The quantitative estimate of drug-likeness (QED) is 0.398. The second kappa shape index (κ2) is 12.2. The van der Waals surface area contributed by atoms with Crippen molar-refractivity contribution in [2.45, 2.75) is 70.9 Å². The van der Waals surface area contributed by atoms with Gasteiger partial charge in [-0.15, -0.1) is 0 Å². The standard InChI is InChI=1S/C15H29NO3/c1-3-5-7-8-9-10-14(18)13(12-17)16-15(19)11-6-4-2/h9-10,13-14,17-18H,3-8,11-12H2,1-2H3,(H,16,19)/b10-9+/t13-,14+/m0/s1. The second-order valence-corrected chi connectivity index (χ2v) is 4.87. The lowest BCUT2D eigenvalue weighted by Gasteiger charge is -2.19. The summed E-state index contributed by atoms with van der Waals surface area (Å²) in [6.07, 6.45) is 9.36. The van der Waals surface area contributed by atoms with E-state index < -0.39 is 12.1 Å². The van der Waals surface area contributed by atoms with E-state index in [1.807, 2.05) is 13.0 Å². The number of aliphatic hydroxyl groups is 2. The van der Waals surface area contributed by atoms with Crippen molar-refractivity contribution in [3.8, 4) is 0 Å². The van der Waals surface area contributed by atoms with Crippen LogP contribution in [0.4, 0.5) is 0 Å². The Kier molecular flexibility index (Phi) is 11.6. The Morgan fingerprint density at radius 3 is 2.47 bits per heavy atom. The number of nitrogens with one attached hydrogen (secondary N) is 1. The van der Waals surface area contributed by atoms with Crippen LogP contribution in [0.1, 0.15) is 58.8 Å². The molecule has 1 amide bonds. The van der Waals surface area contributed by atoms with Crippen LogP contribution in [0, 0.1) is 0 Å². The molecule has 0 aliphatic heterocycles. The minimum absolute atomic E-state index is 0.112. The fourth-order valence-corrected chi connectivity index (χ4v) is 1.74. The molecule has 112 valence electrons. The molecule has 0 saturated carbocycles. The van der Waals surface area contributed by atoms with E-state index in [0.29, 0.717) is 6.42 Å². The van der Waals surface area contributed by atoms with E-state index in [1.165, 1.54) is 12.8 Å². The van der Waals surface area contributed by atoms with Crippen molar-refractivity contribution in [2.75, 3.05) is 6.61 Å². The van der Waals surface area contributed by atoms with Crippen LogP contribution in [0.2, 0.25) is 0 Å². The van der Waals surface area contributed by atoms with Crippen molar-refractivity contribution in [3.05, 3.63) is 12.2 Å². The highest BCUT2D eigenvalue weighted by Crippen LogP contribution is 2.03. The van der Waals surface area contributed by atoms with Crippen LogP contribution in [0.15, 0.2) is 12.2 Å². The van der Waals surface area contributed by atoms with Gasteiger partial charge in [0.05, 0.1) is 18.8 Å². The van der Waals surface area contributed by atoms with E-state index in [9.17, 15) is 15.0 Å². The average molecular weight is 271 g/mol. The van der Waals surface area contributed by atoms with E-state index in [1.54, 1.807) is 6.08 Å². The van der Waals surface area contributed by atoms with Gasteiger partial charge < -0.3 is 15.5 Å². The molecule has 0 bridgehead atoms. The van der Waals surface area contributed by atoms with Crippen molar-refractivity contribution >= 4 is 5.91 Å². The van der Waals surface area contributed by atoms with Gasteiger partial charge in [-0.2, -0.15) is 0 Å². The predicted molar refractivity (Wildman–Crippen MR) is 77.8 cm³/mol. The Labute approximate surface area is 116 Å². The summed E-state index contributed by atoms with van der Waals surface area (Å²) in [4.78, 5) is 11.5. The van der Waals surface area contributed by atoms with Gasteiger partial charge in [0.25, 0.3) is 0 Å². The highest BCUT2D eigenvalue weighted by molar-refractivity contribution is 5.76. The predicted octanol–water partition coefficient (Wildman–Crippen LogP) is 2.15. The maximum Gasteiger partial charge on any atom is 0.220 e. The van der Waals surface area contributed by atoms with Gasteiger partial charge in [-0.25, -0.2) is 0 Å². The molecular formula is C15H29NO3. The van der Waals surface area contributed by atoms with Crippen LogP contribution in [0.3, 0.4) is 0 Å². The van der Waals surface area contributed by atoms with E-state index in [0.717, 1.165) is 25.7 Å². The molecular weight excluding hydrogens is 242 g/mol. The molecule has 0 aromatic rings. The molecule has 0 aromatic heterocycles. The summed E-state index contributed by atoms with van der Waals surface area (Å²) in [5.41, 5.74) is 0. The normalized spacial score (nSPS) is 14.5. The molecule has 0 aromatic carbocycles. The molecule has 0 rings (SSSR count). The fraction of sp³-hybridized carbons (Fsp3) is 0.800. The number of hydrogen-bond acceptors (Lipinski definition) is 3. The molecule has 2 atom stereocenters. The first-order valence-electron chi connectivity index (χ1n) is 7.40. The largest absolute Gasteiger partial charge is 0.394 e. The Balaban J connectivity index is 4.01. The third kappa shape index (κ3) is 9.68. The third-order valence-electron chi connectivity index (χ3n) is 3.02. The fourth-order valence-electron chi connectivity index (χ4n) is 1.74. The lowest BCUT2D eigenvalue weighted by atomic mass is 10.1. The number of carbonyl (C=O) groups excluding carboxylic acids is 1. The molecule has 0 spiro atoms. The van der Waals surface area contributed by atoms with Crippen LogP contribution >= 0.6 is 0 Å². The molecule has 0 heterocycles. The van der Waals surface area contributed by atoms with E-state index in [-0.39, 0.29) is 12.5 Å². The summed E-state index contributed by atoms with van der Waals surface area (Å²) < 4.78 is 0. The van der Waals surface area contributed by atoms with Crippen molar-refractivity contribution < 1.29 is 15.0 Å². The van der Waals surface area contributed by atoms with Crippen LogP contribution in [-0.4, -0.2) is 34.9 Å². The van der Waals surface area contributed by atoms with Gasteiger partial charge in [0.1, 0.15) is 0 Å². The Bertz CT molecular complexity index is 254. The van der Waals surface area contributed by atoms with Gasteiger partial charge in [-0.05, 0) is 19.3 Å². The summed E-state index contributed by atoms with van der Waals surface area (Å²) in [6, 6.07) is -0.605. The highest BCUT2D eigenvalue weighted by atomic mass is 16.3. The maximum atomic E-state index is 11.5. The van der Waals surface area contributed by atoms with E-state index >= 15 is 0 Å². The second-order valence-electron chi connectivity index (χ2n) is 4.87. The van der Waals surface area contributed by atoms with Gasteiger partial charge in [0, 0.05) is 6.42 Å². The third-order valence-corrected chi connectivity index (χ3v) is 3.02. The molecule has 4 nitrogen and oxygen atoms in total. The summed E-state index contributed by atoms with van der Waals surface area (Å²) in [5, 5.41) is 21.7. The average Bonchev–Trinajstić information content (AvgIpc) is 2.41. The van der Waals surface area contributed by atoms with E-state index in [4.69, 9.17) is 0 Å². The summed E-state index contributed by atoms with van der Waals surface area (Å²) >= 11 is 0. The molecule has 0 aliphatic carbocycles. The first kappa shape index (κ1) is 18.1. The molecule has 0 unspecified atom stereocenters. The van der Waals surface area contributed by atoms with Crippen molar-refractivity contribution in [1.82, 2.24) is 5.32 Å². The van der Waals surface area contributed by atoms with Crippen molar-refractivity contribution in [3.63, 3.8) is 0 Å². The van der Waals surface area contributed by atoms with Gasteiger partial charge >= 0.3 is 0 Å². The van der Waals surface area contributed by atoms with Crippen LogP contribution < -0.4 is 5.32 Å². The van der Waals surface area contributed by atoms with Gasteiger partial charge in [0.2, 0.25) is 5.91 Å². The minimum atomic E-state index is -0.822. The molecule has 19 heavy (non-hydrogen) atoms. The zero-order valence-electron chi connectivity index (χ0n) is 12.3. The number of hydrogen-bond donors (Lipinski definition) is 3. The summed E-state index contributed by atoms with van der Waals surface area (Å²) in [6.45, 7) is 3.91. The highest BCUT2D eigenvalue weighted by Gasteiger charge is 2.17. The molecule has 0 fully saturated rings. The van der Waals surface area contributed by atoms with Crippen molar-refractivity contribution in [2.24, 2.45) is 0 Å². The smallest absolute Gasteiger partial charge is 0.220 e. The lowest BCUT2D eigenvalue weighted by Crippen LogP contribution is -2.45. The molecule has 0 radical (unpaired) electrons. The van der Waals surface area contributed by atoms with Crippen LogP contribution in [0.5, 0.6) is 0 Å². The number of aliphatic hydroxyl groups excluding tert-OH is 2. The monoisotopic (exact) mass is 271 g/mol. The Morgan fingerprint density at radius 1 is 1.21 bits per heavy atom. The minimum Gasteiger partial charge on any atom is -0.394 e. The maximum absolute atomic E-state index is 11.5. The Morgan fingerprint density at radius 2 is 1.89 bits per heavy atom. The molecule has 0 saturated heterocycles. The zero-order chi connectivity index (χ0) is 14.5. The van der Waals surface area contributed by atoms with Crippen LogP contribution in [0.25, 0.3) is 0 Å². The summed E-state index contributed by atoms with van der Waals surface area (Å²) in [5.74, 6) is -0.112. The summed E-state index contributed by atoms with van der Waals surface area (Å²) in [7, 11) is 0. The van der Waals surface area contributed by atoms with Gasteiger partial charge in [0.15, 0.2) is 0 Å². The molecule has 0 aliphatic rings. The lowest BCUT2D eigenvalue weighted by molar-refractivity contribution is -0.122. The topological polar surface area (TPSA) is 69.6 Å². The number of allylic oxidation sites excluding steroid dienone is 1. The van der Waals surface area contributed by atoms with Gasteiger partial charge in [-0.3, -0.25) is 4.79 Å². The zero-order valence-corrected chi connectivity index (χ0v) is 12.3. The number of carbonyl (C=O) groups is 1. The first-order valence-corrected chi connectivity index (χ1v) is 7.40.